The van der Waals surface area contributed by atoms with Gasteiger partial charge >= 0.3 is 0 Å². The Labute approximate surface area is 121 Å². The Morgan fingerprint density at radius 3 is 2.79 bits per heavy atom. The van der Waals surface area contributed by atoms with E-state index >= 15 is 0 Å². The van der Waals surface area contributed by atoms with Crippen LogP contribution in [0, 0.1) is 0 Å². The molecule has 0 bridgehead atoms. The molecule has 0 spiro atoms. The number of ether oxygens (including phenoxy) is 1. The van der Waals surface area contributed by atoms with Crippen molar-refractivity contribution >= 4 is 15.9 Å². The molecule has 19 heavy (non-hydrogen) atoms. The van der Waals surface area contributed by atoms with E-state index in [1.807, 2.05) is 24.3 Å². The summed E-state index contributed by atoms with van der Waals surface area (Å²) in [5.41, 5.74) is 0.859. The fourth-order valence-corrected chi connectivity index (χ4v) is 1.84. The normalized spacial score (nSPS) is 10.7. The Kier molecular flexibility index (Phi) is 4.87. The van der Waals surface area contributed by atoms with Gasteiger partial charge in [0, 0.05) is 18.8 Å². The number of halogens is 1. The van der Waals surface area contributed by atoms with Crippen LogP contribution in [0.3, 0.4) is 0 Å². The van der Waals surface area contributed by atoms with Gasteiger partial charge < -0.3 is 10.1 Å². The largest absolute Gasteiger partial charge is 0.436 e. The molecule has 100 valence electrons. The van der Waals surface area contributed by atoms with Crippen LogP contribution in [0.5, 0.6) is 11.6 Å². The summed E-state index contributed by atoms with van der Waals surface area (Å²) in [6.07, 6.45) is 3.35. The van der Waals surface area contributed by atoms with E-state index in [0.29, 0.717) is 18.5 Å². The maximum Gasteiger partial charge on any atom is 0.238 e. The van der Waals surface area contributed by atoms with Gasteiger partial charge in [0.05, 0.1) is 16.4 Å². The van der Waals surface area contributed by atoms with Crippen molar-refractivity contribution in [2.24, 2.45) is 0 Å². The van der Waals surface area contributed by atoms with Gasteiger partial charge in [-0.1, -0.05) is 26.0 Å². The number of rotatable bonds is 5. The van der Waals surface area contributed by atoms with Crippen molar-refractivity contribution in [1.82, 2.24) is 15.3 Å². The van der Waals surface area contributed by atoms with E-state index in [1.165, 1.54) is 0 Å². The minimum atomic E-state index is 0.412. The first-order chi connectivity index (χ1) is 9.15. The van der Waals surface area contributed by atoms with Gasteiger partial charge in [-0.2, -0.15) is 0 Å². The molecule has 1 aromatic heterocycles. The van der Waals surface area contributed by atoms with Gasteiger partial charge in [-0.25, -0.2) is 4.98 Å². The number of nitrogens with zero attached hydrogens (tertiary/aromatic N) is 2. The van der Waals surface area contributed by atoms with E-state index in [2.05, 4.69) is 45.1 Å². The minimum Gasteiger partial charge on any atom is -0.436 e. The van der Waals surface area contributed by atoms with Crippen LogP contribution in [-0.4, -0.2) is 16.0 Å². The Morgan fingerprint density at radius 1 is 1.26 bits per heavy atom. The molecule has 4 nitrogen and oxygen atoms in total. The summed E-state index contributed by atoms with van der Waals surface area (Å²) in [6, 6.07) is 8.07. The summed E-state index contributed by atoms with van der Waals surface area (Å²) in [4.78, 5) is 8.56. The van der Waals surface area contributed by atoms with Gasteiger partial charge in [0.15, 0.2) is 0 Å². The van der Waals surface area contributed by atoms with Gasteiger partial charge in [-0.3, -0.25) is 4.98 Å². The third kappa shape index (κ3) is 4.29. The molecule has 1 N–H and O–H groups in total. The fraction of sp³-hybridized carbons (Fsp3) is 0.286. The Balaban J connectivity index is 2.09. The fourth-order valence-electron chi connectivity index (χ4n) is 1.47. The molecule has 0 unspecified atom stereocenters. The minimum absolute atomic E-state index is 0.412. The summed E-state index contributed by atoms with van der Waals surface area (Å²) >= 11 is 3.44. The second-order valence-corrected chi connectivity index (χ2v) is 5.27. The highest BCUT2D eigenvalue weighted by Gasteiger charge is 2.04. The quantitative estimate of drug-likeness (QED) is 0.915. The van der Waals surface area contributed by atoms with E-state index < -0.39 is 0 Å². The highest BCUT2D eigenvalue weighted by Crippen LogP contribution is 2.27. The van der Waals surface area contributed by atoms with Crippen LogP contribution in [0.25, 0.3) is 0 Å². The SMILES string of the molecule is CC(C)NCc1cncc(Oc2ccccc2Br)n1. The molecule has 0 aliphatic heterocycles. The molecule has 0 amide bonds. The molecule has 0 atom stereocenters. The van der Waals surface area contributed by atoms with Gasteiger partial charge in [-0.15, -0.1) is 0 Å². The van der Waals surface area contributed by atoms with Crippen LogP contribution in [0.1, 0.15) is 19.5 Å². The van der Waals surface area contributed by atoms with Gasteiger partial charge in [0.25, 0.3) is 0 Å². The predicted octanol–water partition coefficient (Wildman–Crippen LogP) is 3.53. The van der Waals surface area contributed by atoms with E-state index in [0.717, 1.165) is 15.9 Å². The molecule has 1 heterocycles. The van der Waals surface area contributed by atoms with Crippen molar-refractivity contribution in [3.05, 3.63) is 46.8 Å². The molecular weight excluding hydrogens is 306 g/mol. The number of para-hydroxylation sites is 1. The first-order valence-corrected chi connectivity index (χ1v) is 6.91. The van der Waals surface area contributed by atoms with Crippen molar-refractivity contribution in [1.29, 1.82) is 0 Å². The average Bonchev–Trinajstić information content (AvgIpc) is 2.40. The smallest absolute Gasteiger partial charge is 0.238 e. The predicted molar refractivity (Wildman–Crippen MR) is 78.2 cm³/mol. The molecular formula is C14H16BrN3O. The maximum absolute atomic E-state index is 5.71. The first-order valence-electron chi connectivity index (χ1n) is 6.12. The molecule has 5 heteroatoms. The molecule has 0 aliphatic carbocycles. The van der Waals surface area contributed by atoms with Crippen molar-refractivity contribution in [2.45, 2.75) is 26.4 Å². The van der Waals surface area contributed by atoms with E-state index in [9.17, 15) is 0 Å². The third-order valence-electron chi connectivity index (χ3n) is 2.40. The van der Waals surface area contributed by atoms with Crippen molar-refractivity contribution in [3.63, 3.8) is 0 Å². The van der Waals surface area contributed by atoms with Gasteiger partial charge in [0.2, 0.25) is 5.88 Å². The van der Waals surface area contributed by atoms with Crippen LogP contribution in [-0.2, 0) is 6.54 Å². The molecule has 0 radical (unpaired) electrons. The van der Waals surface area contributed by atoms with Crippen molar-refractivity contribution in [2.75, 3.05) is 0 Å². The summed E-state index contributed by atoms with van der Waals surface area (Å²) in [5.74, 6) is 1.22. The second-order valence-electron chi connectivity index (χ2n) is 4.42. The van der Waals surface area contributed by atoms with E-state index in [-0.39, 0.29) is 0 Å². The summed E-state index contributed by atoms with van der Waals surface area (Å²) in [6.45, 7) is 4.86. The van der Waals surface area contributed by atoms with Crippen molar-refractivity contribution < 1.29 is 4.74 Å². The Morgan fingerprint density at radius 2 is 2.05 bits per heavy atom. The monoisotopic (exact) mass is 321 g/mol. The van der Waals surface area contributed by atoms with Crippen LogP contribution in [0.4, 0.5) is 0 Å². The summed E-state index contributed by atoms with van der Waals surface area (Å²) < 4.78 is 6.60. The molecule has 2 rings (SSSR count). The standard InChI is InChI=1S/C14H16BrN3O/c1-10(2)17-8-11-7-16-9-14(18-11)19-13-6-4-3-5-12(13)15/h3-7,9-10,17H,8H2,1-2H3. The number of hydrogen-bond acceptors (Lipinski definition) is 4. The number of hydrogen-bond donors (Lipinski definition) is 1. The molecule has 0 aliphatic rings. The Bertz CT molecular complexity index is 546. The zero-order valence-electron chi connectivity index (χ0n) is 10.9. The molecule has 0 saturated heterocycles. The summed E-state index contributed by atoms with van der Waals surface area (Å²) in [7, 11) is 0. The zero-order chi connectivity index (χ0) is 13.7. The topological polar surface area (TPSA) is 47.0 Å². The lowest BCUT2D eigenvalue weighted by molar-refractivity contribution is 0.452. The van der Waals surface area contributed by atoms with Gasteiger partial charge in [-0.05, 0) is 28.1 Å². The van der Waals surface area contributed by atoms with Crippen LogP contribution >= 0.6 is 15.9 Å². The lowest BCUT2D eigenvalue weighted by Crippen LogP contribution is -2.22. The lowest BCUT2D eigenvalue weighted by Gasteiger charge is -2.09. The highest BCUT2D eigenvalue weighted by atomic mass is 79.9. The number of nitrogens with one attached hydrogen (secondary N) is 1. The highest BCUT2D eigenvalue weighted by molar-refractivity contribution is 9.10. The van der Waals surface area contributed by atoms with Gasteiger partial charge in [0.1, 0.15) is 5.75 Å². The van der Waals surface area contributed by atoms with Crippen molar-refractivity contribution in [3.8, 4) is 11.6 Å². The Hall–Kier alpha value is -1.46. The molecule has 0 saturated carbocycles. The first kappa shape index (κ1) is 14.0. The van der Waals surface area contributed by atoms with Crippen LogP contribution < -0.4 is 10.1 Å². The zero-order valence-corrected chi connectivity index (χ0v) is 12.5. The van der Waals surface area contributed by atoms with E-state index in [4.69, 9.17) is 4.74 Å². The summed E-state index contributed by atoms with van der Waals surface area (Å²) in [5, 5.41) is 3.30. The lowest BCUT2D eigenvalue weighted by atomic mass is 10.3. The number of aromatic nitrogens is 2. The maximum atomic E-state index is 5.71. The molecule has 0 fully saturated rings. The second kappa shape index (κ2) is 6.63. The number of benzene rings is 1. The van der Waals surface area contributed by atoms with E-state index in [1.54, 1.807) is 12.4 Å². The average molecular weight is 322 g/mol. The van der Waals surface area contributed by atoms with Crippen LogP contribution in [0.2, 0.25) is 0 Å². The molecule has 2 aromatic rings. The van der Waals surface area contributed by atoms with Crippen LogP contribution in [0.15, 0.2) is 41.1 Å². The third-order valence-corrected chi connectivity index (χ3v) is 3.06. The molecule has 1 aromatic carbocycles.